The number of hydrogen-bond acceptors (Lipinski definition) is 2. The molecule has 1 heterocycles. The molecule has 1 unspecified atom stereocenters. The molecule has 1 aliphatic carbocycles. The molecule has 4 heteroatoms. The van der Waals surface area contributed by atoms with Crippen LogP contribution in [-0.4, -0.2) is 25.5 Å². The smallest absolute Gasteiger partial charge is 0.223 e. The first-order valence-corrected chi connectivity index (χ1v) is 7.26. The van der Waals surface area contributed by atoms with Gasteiger partial charge in [-0.15, -0.1) is 12.4 Å². The molecule has 1 atom stereocenters. The second-order valence-electron chi connectivity index (χ2n) is 5.79. The van der Waals surface area contributed by atoms with E-state index < -0.39 is 0 Å². The molecule has 1 saturated carbocycles. The van der Waals surface area contributed by atoms with Gasteiger partial charge in [0.25, 0.3) is 0 Å². The van der Waals surface area contributed by atoms with Crippen molar-refractivity contribution in [2.75, 3.05) is 19.6 Å². The van der Waals surface area contributed by atoms with Crippen molar-refractivity contribution in [2.24, 2.45) is 17.8 Å². The molecule has 0 aromatic carbocycles. The molecule has 0 aromatic rings. The highest BCUT2D eigenvalue weighted by Crippen LogP contribution is 2.25. The van der Waals surface area contributed by atoms with Gasteiger partial charge in [-0.05, 0) is 31.3 Å². The summed E-state index contributed by atoms with van der Waals surface area (Å²) in [4.78, 5) is 11.9. The highest BCUT2D eigenvalue weighted by Gasteiger charge is 2.28. The molecule has 0 spiro atoms. The molecule has 2 rings (SSSR count). The molecule has 0 radical (unpaired) electrons. The monoisotopic (exact) mass is 274 g/mol. The van der Waals surface area contributed by atoms with Crippen molar-refractivity contribution in [3.8, 4) is 0 Å². The number of rotatable bonds is 5. The van der Waals surface area contributed by atoms with Crippen LogP contribution in [-0.2, 0) is 4.79 Å². The Balaban J connectivity index is 0.00000162. The van der Waals surface area contributed by atoms with Crippen LogP contribution in [0.3, 0.4) is 0 Å². The third-order valence-corrected chi connectivity index (χ3v) is 4.51. The van der Waals surface area contributed by atoms with Crippen molar-refractivity contribution in [2.45, 2.75) is 45.4 Å². The fourth-order valence-electron chi connectivity index (χ4n) is 2.91. The number of carbonyl (C=O) groups excluding carboxylic acids is 1. The lowest BCUT2D eigenvalue weighted by Gasteiger charge is -2.32. The standard InChI is InChI=1S/C14H26N2O.ClH/c1-11(13-9-15-10-13)14(17)16-8-7-12-5-3-2-4-6-12;/h11-13,15H,2-10H2,1H3,(H,16,17);1H. The summed E-state index contributed by atoms with van der Waals surface area (Å²) in [6.07, 6.45) is 8.12. The van der Waals surface area contributed by atoms with Crippen LogP contribution < -0.4 is 10.6 Å². The minimum absolute atomic E-state index is 0. The molecule has 106 valence electrons. The molecule has 1 amide bonds. The first-order chi connectivity index (χ1) is 8.27. The number of nitrogens with one attached hydrogen (secondary N) is 2. The van der Waals surface area contributed by atoms with E-state index in [-0.39, 0.29) is 24.2 Å². The zero-order chi connectivity index (χ0) is 12.1. The topological polar surface area (TPSA) is 41.1 Å². The van der Waals surface area contributed by atoms with Crippen LogP contribution in [0.1, 0.15) is 45.4 Å². The van der Waals surface area contributed by atoms with Gasteiger partial charge in [0.05, 0.1) is 0 Å². The molecule has 1 aliphatic heterocycles. The van der Waals surface area contributed by atoms with Gasteiger partial charge >= 0.3 is 0 Å². The fraction of sp³-hybridized carbons (Fsp3) is 0.929. The van der Waals surface area contributed by atoms with Crippen LogP contribution in [0.5, 0.6) is 0 Å². The second-order valence-corrected chi connectivity index (χ2v) is 5.79. The summed E-state index contributed by atoms with van der Waals surface area (Å²) in [5.41, 5.74) is 0. The van der Waals surface area contributed by atoms with Gasteiger partial charge in [-0.3, -0.25) is 4.79 Å². The Morgan fingerprint density at radius 1 is 1.28 bits per heavy atom. The SMILES string of the molecule is CC(C(=O)NCCC1CCCCC1)C1CNC1.Cl. The van der Waals surface area contributed by atoms with Gasteiger partial charge in [-0.25, -0.2) is 0 Å². The van der Waals surface area contributed by atoms with E-state index in [2.05, 4.69) is 17.6 Å². The second kappa shape index (κ2) is 8.00. The van der Waals surface area contributed by atoms with Crippen LogP contribution in [0.2, 0.25) is 0 Å². The number of carbonyl (C=O) groups is 1. The minimum atomic E-state index is 0. The van der Waals surface area contributed by atoms with Crippen molar-refractivity contribution < 1.29 is 4.79 Å². The molecule has 2 N–H and O–H groups in total. The van der Waals surface area contributed by atoms with E-state index in [4.69, 9.17) is 0 Å². The van der Waals surface area contributed by atoms with Crippen molar-refractivity contribution in [3.05, 3.63) is 0 Å². The molecule has 1 saturated heterocycles. The average Bonchev–Trinajstić information content (AvgIpc) is 2.28. The van der Waals surface area contributed by atoms with Gasteiger partial charge < -0.3 is 10.6 Å². The van der Waals surface area contributed by atoms with Crippen LogP contribution in [0.15, 0.2) is 0 Å². The van der Waals surface area contributed by atoms with Crippen LogP contribution in [0.4, 0.5) is 0 Å². The van der Waals surface area contributed by atoms with E-state index in [1.54, 1.807) is 0 Å². The van der Waals surface area contributed by atoms with Gasteiger partial charge in [0.1, 0.15) is 0 Å². The van der Waals surface area contributed by atoms with Crippen molar-refractivity contribution >= 4 is 18.3 Å². The normalized spacial score (nSPS) is 22.7. The summed E-state index contributed by atoms with van der Waals surface area (Å²) in [5, 5.41) is 6.34. The van der Waals surface area contributed by atoms with Crippen molar-refractivity contribution in [1.82, 2.24) is 10.6 Å². The van der Waals surface area contributed by atoms with Crippen LogP contribution >= 0.6 is 12.4 Å². The summed E-state index contributed by atoms with van der Waals surface area (Å²) in [7, 11) is 0. The summed E-state index contributed by atoms with van der Waals surface area (Å²) in [6, 6.07) is 0. The first-order valence-electron chi connectivity index (χ1n) is 7.26. The van der Waals surface area contributed by atoms with Crippen LogP contribution in [0.25, 0.3) is 0 Å². The van der Waals surface area contributed by atoms with E-state index >= 15 is 0 Å². The van der Waals surface area contributed by atoms with Gasteiger partial charge in [-0.2, -0.15) is 0 Å². The maximum absolute atomic E-state index is 11.9. The van der Waals surface area contributed by atoms with E-state index in [9.17, 15) is 4.79 Å². The largest absolute Gasteiger partial charge is 0.356 e. The highest BCUT2D eigenvalue weighted by atomic mass is 35.5. The Kier molecular flexibility index (Phi) is 7.02. The highest BCUT2D eigenvalue weighted by molar-refractivity contribution is 5.85. The average molecular weight is 275 g/mol. The summed E-state index contributed by atoms with van der Waals surface area (Å²) >= 11 is 0. The molecular formula is C14H27ClN2O. The van der Waals surface area contributed by atoms with Gasteiger partial charge in [0, 0.05) is 12.5 Å². The Hall–Kier alpha value is -0.280. The maximum Gasteiger partial charge on any atom is 0.223 e. The molecule has 0 bridgehead atoms. The van der Waals surface area contributed by atoms with E-state index in [0.29, 0.717) is 5.92 Å². The Bertz CT molecular complexity index is 250. The third kappa shape index (κ3) is 4.43. The number of halogens is 1. The van der Waals surface area contributed by atoms with E-state index in [1.807, 2.05) is 0 Å². The lowest BCUT2D eigenvalue weighted by Crippen LogP contribution is -2.49. The summed E-state index contributed by atoms with van der Waals surface area (Å²) in [6.45, 7) is 4.96. The first kappa shape index (κ1) is 15.8. The lowest BCUT2D eigenvalue weighted by atomic mass is 9.86. The molecule has 2 aliphatic rings. The lowest BCUT2D eigenvalue weighted by molar-refractivity contribution is -0.126. The Morgan fingerprint density at radius 2 is 1.94 bits per heavy atom. The fourth-order valence-corrected chi connectivity index (χ4v) is 2.91. The summed E-state index contributed by atoms with van der Waals surface area (Å²) in [5.74, 6) is 1.87. The zero-order valence-corrected chi connectivity index (χ0v) is 12.2. The molecule has 0 aromatic heterocycles. The van der Waals surface area contributed by atoms with Gasteiger partial charge in [0.2, 0.25) is 5.91 Å². The van der Waals surface area contributed by atoms with Crippen molar-refractivity contribution in [3.63, 3.8) is 0 Å². The Morgan fingerprint density at radius 3 is 2.50 bits per heavy atom. The Labute approximate surface area is 117 Å². The van der Waals surface area contributed by atoms with E-state index in [1.165, 1.54) is 38.5 Å². The molecule has 18 heavy (non-hydrogen) atoms. The molecular weight excluding hydrogens is 248 g/mol. The van der Waals surface area contributed by atoms with Gasteiger partial charge in [0.15, 0.2) is 0 Å². The van der Waals surface area contributed by atoms with Crippen LogP contribution in [0, 0.1) is 17.8 Å². The number of amides is 1. The predicted octanol–water partition coefficient (Wildman–Crippen LogP) is 2.35. The third-order valence-electron chi connectivity index (χ3n) is 4.51. The van der Waals surface area contributed by atoms with Gasteiger partial charge in [-0.1, -0.05) is 39.0 Å². The molecule has 3 nitrogen and oxygen atoms in total. The number of hydrogen-bond donors (Lipinski definition) is 2. The zero-order valence-electron chi connectivity index (χ0n) is 11.4. The predicted molar refractivity (Wildman–Crippen MR) is 77.0 cm³/mol. The van der Waals surface area contributed by atoms with E-state index in [0.717, 1.165) is 25.6 Å². The van der Waals surface area contributed by atoms with Crippen molar-refractivity contribution in [1.29, 1.82) is 0 Å². The quantitative estimate of drug-likeness (QED) is 0.808. The molecule has 2 fully saturated rings. The minimum Gasteiger partial charge on any atom is -0.356 e. The maximum atomic E-state index is 11.9. The summed E-state index contributed by atoms with van der Waals surface area (Å²) < 4.78 is 0.